The topological polar surface area (TPSA) is 77.2 Å². The van der Waals surface area contributed by atoms with E-state index >= 15 is 0 Å². The summed E-state index contributed by atoms with van der Waals surface area (Å²) in [5, 5.41) is 17.2. The number of ether oxygens (including phenoxy) is 1. The molecule has 1 atom stereocenters. The van der Waals surface area contributed by atoms with E-state index in [9.17, 15) is 9.90 Å². The summed E-state index contributed by atoms with van der Waals surface area (Å²) in [6.45, 7) is 5.38. The Bertz CT molecular complexity index is 400. The van der Waals surface area contributed by atoms with Crippen molar-refractivity contribution in [3.8, 4) is 0 Å². The van der Waals surface area contributed by atoms with E-state index in [1.165, 1.54) is 0 Å². The fourth-order valence-corrected chi connectivity index (χ4v) is 1.94. The zero-order valence-electron chi connectivity index (χ0n) is 9.38. The number of carboxylic acids is 1. The molecule has 1 aromatic rings. The fourth-order valence-electron chi connectivity index (χ4n) is 1.94. The highest BCUT2D eigenvalue weighted by Gasteiger charge is 2.30. The maximum Gasteiger partial charge on any atom is 0.314 e. The number of hydrogen-bond donors (Lipinski definition) is 1. The third-order valence-electron chi connectivity index (χ3n) is 2.76. The number of aliphatic carboxylic acids is 1. The molecule has 0 amide bonds. The molecular weight excluding hydrogens is 210 g/mol. The van der Waals surface area contributed by atoms with E-state index in [1.54, 1.807) is 0 Å². The minimum absolute atomic E-state index is 0.00588. The lowest BCUT2D eigenvalue weighted by Crippen LogP contribution is -2.25. The molecule has 2 rings (SSSR count). The molecule has 0 fully saturated rings. The molecule has 1 unspecified atom stereocenters. The quantitative estimate of drug-likeness (QED) is 0.816. The number of rotatable bonds is 3. The molecule has 1 aliphatic rings. The van der Waals surface area contributed by atoms with Gasteiger partial charge in [-0.15, -0.1) is 10.2 Å². The third-order valence-corrected chi connectivity index (χ3v) is 2.76. The number of carbonyl (C=O) groups is 1. The second-order valence-corrected chi connectivity index (χ2v) is 4.24. The highest BCUT2D eigenvalue weighted by Crippen LogP contribution is 2.25. The van der Waals surface area contributed by atoms with E-state index in [4.69, 9.17) is 4.74 Å². The highest BCUT2D eigenvalue weighted by molar-refractivity contribution is 5.75. The van der Waals surface area contributed by atoms with Crippen LogP contribution < -0.4 is 0 Å². The SMILES string of the molecule is CC(C)C(C(=O)O)c1nnc2n1CCOC2. The van der Waals surface area contributed by atoms with Crippen molar-refractivity contribution in [3.63, 3.8) is 0 Å². The van der Waals surface area contributed by atoms with Crippen LogP contribution in [0.1, 0.15) is 31.4 Å². The predicted molar refractivity (Wildman–Crippen MR) is 54.9 cm³/mol. The molecule has 0 aromatic carbocycles. The Kier molecular flexibility index (Phi) is 2.91. The second-order valence-electron chi connectivity index (χ2n) is 4.24. The zero-order chi connectivity index (χ0) is 11.7. The van der Waals surface area contributed by atoms with Gasteiger partial charge in [-0.3, -0.25) is 4.79 Å². The summed E-state index contributed by atoms with van der Waals surface area (Å²) in [5.74, 6) is -0.196. The Labute approximate surface area is 93.2 Å². The molecule has 6 nitrogen and oxygen atoms in total. The van der Waals surface area contributed by atoms with Crippen LogP contribution in [0.15, 0.2) is 0 Å². The monoisotopic (exact) mass is 225 g/mol. The molecule has 1 aromatic heterocycles. The second kappa shape index (κ2) is 4.21. The van der Waals surface area contributed by atoms with Crippen LogP contribution in [-0.2, 0) is 22.7 Å². The van der Waals surface area contributed by atoms with Gasteiger partial charge in [0.2, 0.25) is 0 Å². The summed E-state index contributed by atoms with van der Waals surface area (Å²) in [5.41, 5.74) is 0. The summed E-state index contributed by atoms with van der Waals surface area (Å²) in [6.07, 6.45) is 0. The predicted octanol–water partition coefficient (Wildman–Crippen LogP) is 0.632. The Morgan fingerprint density at radius 3 is 2.88 bits per heavy atom. The summed E-state index contributed by atoms with van der Waals surface area (Å²) in [7, 11) is 0. The van der Waals surface area contributed by atoms with E-state index in [0.29, 0.717) is 31.4 Å². The van der Waals surface area contributed by atoms with Gasteiger partial charge in [-0.05, 0) is 5.92 Å². The van der Waals surface area contributed by atoms with Crippen molar-refractivity contribution in [1.82, 2.24) is 14.8 Å². The van der Waals surface area contributed by atoms with Crippen LogP contribution in [0.2, 0.25) is 0 Å². The normalized spacial score (nSPS) is 17.2. The molecule has 16 heavy (non-hydrogen) atoms. The van der Waals surface area contributed by atoms with Crippen molar-refractivity contribution in [2.45, 2.75) is 32.9 Å². The van der Waals surface area contributed by atoms with Crippen molar-refractivity contribution < 1.29 is 14.6 Å². The Morgan fingerprint density at radius 1 is 1.50 bits per heavy atom. The van der Waals surface area contributed by atoms with Gasteiger partial charge in [-0.1, -0.05) is 13.8 Å². The Morgan fingerprint density at radius 2 is 2.25 bits per heavy atom. The standard InChI is InChI=1S/C10H15N3O3/c1-6(2)8(10(14)15)9-12-11-7-5-16-4-3-13(7)9/h6,8H,3-5H2,1-2H3,(H,14,15). The average Bonchev–Trinajstić information content (AvgIpc) is 2.61. The molecule has 0 radical (unpaired) electrons. The number of hydrogen-bond acceptors (Lipinski definition) is 4. The van der Waals surface area contributed by atoms with Crippen molar-refractivity contribution in [3.05, 3.63) is 11.6 Å². The number of aromatic nitrogens is 3. The number of carboxylic acid groups (broad SMARTS) is 1. The highest BCUT2D eigenvalue weighted by atomic mass is 16.5. The van der Waals surface area contributed by atoms with Crippen LogP contribution in [0.3, 0.4) is 0 Å². The molecule has 1 N–H and O–H groups in total. The van der Waals surface area contributed by atoms with Gasteiger partial charge in [0.1, 0.15) is 18.3 Å². The van der Waals surface area contributed by atoms with Gasteiger partial charge in [0.15, 0.2) is 5.82 Å². The van der Waals surface area contributed by atoms with Gasteiger partial charge >= 0.3 is 5.97 Å². The molecule has 0 saturated carbocycles. The number of nitrogens with zero attached hydrogens (tertiary/aromatic N) is 3. The van der Waals surface area contributed by atoms with Gasteiger partial charge < -0.3 is 14.4 Å². The lowest BCUT2D eigenvalue weighted by atomic mass is 9.95. The maximum atomic E-state index is 11.2. The first kappa shape index (κ1) is 11.1. The Hall–Kier alpha value is -1.43. The van der Waals surface area contributed by atoms with Crippen LogP contribution >= 0.6 is 0 Å². The van der Waals surface area contributed by atoms with E-state index in [0.717, 1.165) is 0 Å². The van der Waals surface area contributed by atoms with Gasteiger partial charge in [0.25, 0.3) is 0 Å². The van der Waals surface area contributed by atoms with E-state index < -0.39 is 11.9 Å². The van der Waals surface area contributed by atoms with Crippen LogP contribution in [0.25, 0.3) is 0 Å². The molecular formula is C10H15N3O3. The zero-order valence-corrected chi connectivity index (χ0v) is 9.38. The third kappa shape index (κ3) is 1.80. The van der Waals surface area contributed by atoms with E-state index in [1.807, 2.05) is 18.4 Å². The van der Waals surface area contributed by atoms with Gasteiger partial charge in [-0.25, -0.2) is 0 Å². The maximum absolute atomic E-state index is 11.2. The summed E-state index contributed by atoms with van der Waals surface area (Å²) < 4.78 is 7.10. The molecule has 0 aliphatic carbocycles. The summed E-state index contributed by atoms with van der Waals surface area (Å²) in [6, 6.07) is 0. The van der Waals surface area contributed by atoms with Crippen LogP contribution in [0.4, 0.5) is 0 Å². The van der Waals surface area contributed by atoms with Gasteiger partial charge in [0.05, 0.1) is 6.61 Å². The van der Waals surface area contributed by atoms with E-state index in [2.05, 4.69) is 10.2 Å². The van der Waals surface area contributed by atoms with Crippen molar-refractivity contribution in [2.24, 2.45) is 5.92 Å². The molecule has 88 valence electrons. The first-order valence-electron chi connectivity index (χ1n) is 5.33. The van der Waals surface area contributed by atoms with Crippen molar-refractivity contribution >= 4 is 5.97 Å². The van der Waals surface area contributed by atoms with Gasteiger partial charge in [-0.2, -0.15) is 0 Å². The lowest BCUT2D eigenvalue weighted by Gasteiger charge is -2.20. The van der Waals surface area contributed by atoms with Crippen molar-refractivity contribution in [2.75, 3.05) is 6.61 Å². The Balaban J connectivity index is 2.38. The smallest absolute Gasteiger partial charge is 0.314 e. The molecule has 6 heteroatoms. The number of fused-ring (bicyclic) bond motifs is 1. The minimum atomic E-state index is -0.850. The van der Waals surface area contributed by atoms with Crippen LogP contribution in [0.5, 0.6) is 0 Å². The van der Waals surface area contributed by atoms with Gasteiger partial charge in [0, 0.05) is 6.54 Å². The largest absolute Gasteiger partial charge is 0.481 e. The first-order valence-corrected chi connectivity index (χ1v) is 5.33. The average molecular weight is 225 g/mol. The van der Waals surface area contributed by atoms with Crippen LogP contribution in [0, 0.1) is 5.92 Å². The van der Waals surface area contributed by atoms with E-state index in [-0.39, 0.29) is 5.92 Å². The fraction of sp³-hybridized carbons (Fsp3) is 0.700. The summed E-state index contributed by atoms with van der Waals surface area (Å²) in [4.78, 5) is 11.2. The first-order chi connectivity index (χ1) is 7.61. The lowest BCUT2D eigenvalue weighted by molar-refractivity contribution is -0.140. The molecule has 0 saturated heterocycles. The molecule has 2 heterocycles. The molecule has 0 spiro atoms. The summed E-state index contributed by atoms with van der Waals surface area (Å²) >= 11 is 0. The molecule has 1 aliphatic heterocycles. The molecule has 0 bridgehead atoms. The minimum Gasteiger partial charge on any atom is -0.481 e. The van der Waals surface area contributed by atoms with Crippen LogP contribution in [-0.4, -0.2) is 32.4 Å². The van der Waals surface area contributed by atoms with Crippen molar-refractivity contribution in [1.29, 1.82) is 0 Å².